The maximum absolute atomic E-state index is 12.8. The minimum atomic E-state index is -3.86. The molecule has 0 radical (unpaired) electrons. The molecule has 3 heterocycles. The van der Waals surface area contributed by atoms with Crippen LogP contribution in [0.4, 0.5) is 0 Å². The van der Waals surface area contributed by atoms with Gasteiger partial charge in [0.25, 0.3) is 15.6 Å². The first-order valence-electron chi connectivity index (χ1n) is 8.62. The van der Waals surface area contributed by atoms with Gasteiger partial charge in [-0.25, -0.2) is 18.2 Å². The first-order valence-corrected chi connectivity index (χ1v) is 10.1. The highest BCUT2D eigenvalue weighted by atomic mass is 32.2. The van der Waals surface area contributed by atoms with Gasteiger partial charge in [-0.1, -0.05) is 0 Å². The monoisotopic (exact) mass is 405 g/mol. The van der Waals surface area contributed by atoms with E-state index in [1.54, 1.807) is 5.01 Å². The van der Waals surface area contributed by atoms with Crippen molar-refractivity contribution in [1.29, 1.82) is 0 Å². The van der Waals surface area contributed by atoms with Crippen LogP contribution in [0.25, 0.3) is 21.8 Å². The van der Waals surface area contributed by atoms with Crippen LogP contribution in [0.2, 0.25) is 0 Å². The Hall–Kier alpha value is -2.73. The SMILES string of the molecule is CN1CCN(NS(=O)(=O)c2ccc3[nH]c(=O)c4[nH]cc(C(=O)O)c4c3c2)CC1. The molecular weight excluding hydrogens is 386 g/mol. The van der Waals surface area contributed by atoms with Crippen molar-refractivity contribution in [2.45, 2.75) is 4.90 Å². The number of nitrogens with one attached hydrogen (secondary N) is 3. The summed E-state index contributed by atoms with van der Waals surface area (Å²) in [5.74, 6) is -1.21. The molecule has 1 fully saturated rings. The molecule has 3 aromatic rings. The molecule has 0 bridgehead atoms. The number of pyridine rings is 1. The third-order valence-corrected chi connectivity index (χ3v) is 6.28. The van der Waals surface area contributed by atoms with Crippen molar-refractivity contribution >= 4 is 37.8 Å². The highest BCUT2D eigenvalue weighted by Crippen LogP contribution is 2.27. The molecule has 2 aromatic heterocycles. The van der Waals surface area contributed by atoms with Crippen molar-refractivity contribution in [1.82, 2.24) is 24.7 Å². The second-order valence-corrected chi connectivity index (χ2v) is 8.46. The van der Waals surface area contributed by atoms with Gasteiger partial charge in [0.2, 0.25) is 0 Å². The van der Waals surface area contributed by atoms with E-state index in [9.17, 15) is 23.1 Å². The number of hydrogen-bond donors (Lipinski definition) is 4. The zero-order valence-corrected chi connectivity index (χ0v) is 15.8. The van der Waals surface area contributed by atoms with Gasteiger partial charge in [-0.3, -0.25) is 4.79 Å². The normalized spacial score (nSPS) is 16.8. The van der Waals surface area contributed by atoms with Crippen LogP contribution in [-0.4, -0.2) is 72.6 Å². The zero-order chi connectivity index (χ0) is 20.1. The van der Waals surface area contributed by atoms with Crippen LogP contribution in [0.15, 0.2) is 34.1 Å². The number of sulfonamides is 1. The van der Waals surface area contributed by atoms with E-state index >= 15 is 0 Å². The number of carboxylic acids is 1. The Morgan fingerprint density at radius 1 is 1.21 bits per heavy atom. The van der Waals surface area contributed by atoms with Crippen LogP contribution in [0.1, 0.15) is 10.4 Å². The van der Waals surface area contributed by atoms with Crippen LogP contribution < -0.4 is 10.4 Å². The minimum Gasteiger partial charge on any atom is -0.478 e. The average molecular weight is 405 g/mol. The van der Waals surface area contributed by atoms with Crippen LogP contribution in [0, 0.1) is 0 Å². The van der Waals surface area contributed by atoms with Gasteiger partial charge < -0.3 is 20.0 Å². The Balaban J connectivity index is 1.81. The largest absolute Gasteiger partial charge is 0.478 e. The molecule has 1 aromatic carbocycles. The summed E-state index contributed by atoms with van der Waals surface area (Å²) in [5, 5.41) is 11.6. The number of fused-ring (bicyclic) bond motifs is 3. The smallest absolute Gasteiger partial charge is 0.337 e. The summed E-state index contributed by atoms with van der Waals surface area (Å²) in [6.07, 6.45) is 1.23. The Morgan fingerprint density at radius 3 is 2.61 bits per heavy atom. The van der Waals surface area contributed by atoms with Gasteiger partial charge in [0.05, 0.1) is 10.5 Å². The summed E-state index contributed by atoms with van der Waals surface area (Å²) in [5.41, 5.74) is -0.113. The second kappa shape index (κ2) is 6.71. The molecule has 0 aliphatic carbocycles. The quantitative estimate of drug-likeness (QED) is 0.484. The lowest BCUT2D eigenvalue weighted by Gasteiger charge is -2.32. The summed E-state index contributed by atoms with van der Waals surface area (Å²) in [6, 6.07) is 4.23. The van der Waals surface area contributed by atoms with Gasteiger partial charge in [0.1, 0.15) is 5.52 Å². The molecule has 0 saturated carbocycles. The van der Waals surface area contributed by atoms with Crippen LogP contribution in [0.5, 0.6) is 0 Å². The maximum atomic E-state index is 12.8. The molecule has 11 heteroatoms. The number of rotatable bonds is 4. The van der Waals surface area contributed by atoms with E-state index in [1.807, 2.05) is 7.05 Å². The topological polar surface area (TPSA) is 139 Å². The molecule has 0 atom stereocenters. The molecule has 1 aliphatic heterocycles. The molecule has 148 valence electrons. The van der Waals surface area contributed by atoms with Crippen molar-refractivity contribution in [2.24, 2.45) is 0 Å². The van der Waals surface area contributed by atoms with Crippen LogP contribution >= 0.6 is 0 Å². The molecule has 28 heavy (non-hydrogen) atoms. The number of aromatic nitrogens is 2. The maximum Gasteiger partial charge on any atom is 0.337 e. The van der Waals surface area contributed by atoms with Crippen molar-refractivity contribution in [3.05, 3.63) is 40.3 Å². The number of piperazine rings is 1. The minimum absolute atomic E-state index is 0.00943. The van der Waals surface area contributed by atoms with E-state index in [-0.39, 0.29) is 21.4 Å². The lowest BCUT2D eigenvalue weighted by Crippen LogP contribution is -2.52. The van der Waals surface area contributed by atoms with Gasteiger partial charge in [-0.2, -0.15) is 0 Å². The summed E-state index contributed by atoms with van der Waals surface area (Å²) < 4.78 is 25.6. The number of aromatic amines is 2. The highest BCUT2D eigenvalue weighted by Gasteiger charge is 2.23. The van der Waals surface area contributed by atoms with Gasteiger partial charge in [-0.05, 0) is 25.2 Å². The first-order chi connectivity index (χ1) is 13.3. The lowest BCUT2D eigenvalue weighted by molar-refractivity contribution is 0.0699. The Morgan fingerprint density at radius 2 is 1.93 bits per heavy atom. The number of nitrogens with zero attached hydrogens (tertiary/aromatic N) is 2. The van der Waals surface area contributed by atoms with Gasteiger partial charge in [-0.15, -0.1) is 4.83 Å². The molecule has 0 spiro atoms. The summed E-state index contributed by atoms with van der Waals surface area (Å²) in [4.78, 5) is 33.7. The van der Waals surface area contributed by atoms with Crippen molar-refractivity contribution < 1.29 is 18.3 Å². The van der Waals surface area contributed by atoms with Crippen LogP contribution in [0.3, 0.4) is 0 Å². The zero-order valence-electron chi connectivity index (χ0n) is 15.0. The fourth-order valence-electron chi connectivity index (χ4n) is 3.36. The third kappa shape index (κ3) is 3.18. The fraction of sp³-hybridized carbons (Fsp3) is 0.294. The van der Waals surface area contributed by atoms with Gasteiger partial charge >= 0.3 is 5.97 Å². The van der Waals surface area contributed by atoms with Crippen LogP contribution in [-0.2, 0) is 10.0 Å². The molecule has 4 N–H and O–H groups in total. The molecular formula is C17H19N5O5S. The summed E-state index contributed by atoms with van der Waals surface area (Å²) >= 11 is 0. The molecule has 4 rings (SSSR count). The Labute approximate surface area is 159 Å². The third-order valence-electron chi connectivity index (χ3n) is 4.91. The fourth-order valence-corrected chi connectivity index (χ4v) is 4.51. The summed E-state index contributed by atoms with van der Waals surface area (Å²) in [7, 11) is -1.89. The number of carbonyl (C=O) groups is 1. The number of likely N-dealkylation sites (N-methyl/N-ethyl adjacent to an activating group) is 1. The van der Waals surface area contributed by atoms with Crippen molar-refractivity contribution in [3.63, 3.8) is 0 Å². The average Bonchev–Trinajstić information content (AvgIpc) is 3.10. The van der Waals surface area contributed by atoms with E-state index in [0.29, 0.717) is 24.0 Å². The van der Waals surface area contributed by atoms with Gasteiger partial charge in [0, 0.05) is 48.7 Å². The van der Waals surface area contributed by atoms with E-state index in [0.717, 1.165) is 13.1 Å². The molecule has 0 amide bonds. The molecule has 10 nitrogen and oxygen atoms in total. The van der Waals surface area contributed by atoms with E-state index in [2.05, 4.69) is 19.7 Å². The number of benzene rings is 1. The van der Waals surface area contributed by atoms with E-state index in [4.69, 9.17) is 0 Å². The molecule has 1 saturated heterocycles. The van der Waals surface area contributed by atoms with Gasteiger partial charge in [0.15, 0.2) is 0 Å². The number of aromatic carboxylic acids is 1. The molecule has 0 unspecified atom stereocenters. The summed E-state index contributed by atoms with van der Waals surface area (Å²) in [6.45, 7) is 2.60. The second-order valence-electron chi connectivity index (χ2n) is 6.80. The van der Waals surface area contributed by atoms with Crippen molar-refractivity contribution in [2.75, 3.05) is 33.2 Å². The molecule has 1 aliphatic rings. The van der Waals surface area contributed by atoms with E-state index in [1.165, 1.54) is 24.4 Å². The number of carboxylic acid groups (broad SMARTS) is 1. The Bertz CT molecular complexity index is 1240. The number of H-pyrrole nitrogens is 2. The first kappa shape index (κ1) is 18.6. The number of hydrogen-bond acceptors (Lipinski definition) is 6. The predicted molar refractivity (Wildman–Crippen MR) is 103 cm³/mol. The predicted octanol–water partition coefficient (Wildman–Crippen LogP) is 0.148. The number of hydrazine groups is 1. The standard InChI is InChI=1S/C17H19N5O5S/c1-21-4-6-22(7-5-21)20-28(26,27)10-2-3-13-11(8-10)14-12(17(24)25)9-18-15(14)16(23)19-13/h2-3,8-9,18,20H,4-7H2,1H3,(H,19,23)(H,24,25). The van der Waals surface area contributed by atoms with Crippen molar-refractivity contribution in [3.8, 4) is 0 Å². The Kier molecular flexibility index (Phi) is 4.46. The lowest BCUT2D eigenvalue weighted by atomic mass is 10.1. The highest BCUT2D eigenvalue weighted by molar-refractivity contribution is 7.89. The van der Waals surface area contributed by atoms with E-state index < -0.39 is 21.6 Å².